The van der Waals surface area contributed by atoms with E-state index in [1.54, 1.807) is 6.92 Å². The number of rotatable bonds is 1. The summed E-state index contributed by atoms with van der Waals surface area (Å²) in [4.78, 5) is 21.9. The number of ether oxygens (including phenoxy) is 3. The fourth-order valence-electron chi connectivity index (χ4n) is 2.15. The zero-order valence-electron chi connectivity index (χ0n) is 9.08. The van der Waals surface area contributed by atoms with E-state index in [2.05, 4.69) is 0 Å². The molecule has 5 atom stereocenters. The van der Waals surface area contributed by atoms with E-state index in [0.29, 0.717) is 0 Å². The summed E-state index contributed by atoms with van der Waals surface area (Å²) in [5.74, 6) is -0.896. The highest BCUT2D eigenvalue weighted by Crippen LogP contribution is 2.31. The van der Waals surface area contributed by atoms with Crippen molar-refractivity contribution in [3.05, 3.63) is 0 Å². The van der Waals surface area contributed by atoms with E-state index in [1.165, 1.54) is 6.92 Å². The first-order chi connectivity index (χ1) is 7.49. The second-order valence-electron chi connectivity index (χ2n) is 4.10. The quantitative estimate of drug-likeness (QED) is 0.605. The lowest BCUT2D eigenvalue weighted by atomic mass is 9.95. The van der Waals surface area contributed by atoms with Gasteiger partial charge in [0, 0.05) is 6.92 Å². The van der Waals surface area contributed by atoms with Gasteiger partial charge in [0.2, 0.25) is 0 Å². The zero-order valence-corrected chi connectivity index (χ0v) is 9.08. The Morgan fingerprint density at radius 2 is 2.25 bits per heavy atom. The highest BCUT2D eigenvalue weighted by molar-refractivity contribution is 5.73. The number of fused-ring (bicyclic) bond motifs is 1. The van der Waals surface area contributed by atoms with Gasteiger partial charge in [0.15, 0.2) is 12.2 Å². The molecule has 2 fully saturated rings. The highest BCUT2D eigenvalue weighted by atomic mass is 16.6. The SMILES string of the molecule is CC(=O)OC1C(C)OC2CC(=O)OC2C1O. The van der Waals surface area contributed by atoms with E-state index in [9.17, 15) is 14.7 Å². The summed E-state index contributed by atoms with van der Waals surface area (Å²) in [6.07, 6.45) is -3.29. The molecule has 2 aliphatic heterocycles. The molecule has 90 valence electrons. The van der Waals surface area contributed by atoms with Crippen LogP contribution in [0.1, 0.15) is 20.3 Å². The van der Waals surface area contributed by atoms with Crippen LogP contribution >= 0.6 is 0 Å². The summed E-state index contributed by atoms with van der Waals surface area (Å²) < 4.78 is 15.4. The normalized spacial score (nSPS) is 42.4. The number of esters is 2. The Hall–Kier alpha value is -1.14. The molecule has 6 nitrogen and oxygen atoms in total. The molecule has 0 spiro atoms. The van der Waals surface area contributed by atoms with Gasteiger partial charge in [-0.05, 0) is 6.92 Å². The molecule has 2 aliphatic rings. The summed E-state index contributed by atoms with van der Waals surface area (Å²) in [5.41, 5.74) is 0. The van der Waals surface area contributed by atoms with Gasteiger partial charge in [-0.25, -0.2) is 0 Å². The number of carbonyl (C=O) groups is 2. The molecule has 0 aliphatic carbocycles. The third-order valence-corrected chi connectivity index (χ3v) is 2.83. The Labute approximate surface area is 92.5 Å². The first-order valence-electron chi connectivity index (χ1n) is 5.19. The van der Waals surface area contributed by atoms with Crippen molar-refractivity contribution in [1.29, 1.82) is 0 Å². The van der Waals surface area contributed by atoms with Gasteiger partial charge in [-0.15, -0.1) is 0 Å². The smallest absolute Gasteiger partial charge is 0.309 e. The Bertz CT molecular complexity index is 314. The van der Waals surface area contributed by atoms with Crippen LogP contribution in [0.25, 0.3) is 0 Å². The van der Waals surface area contributed by atoms with Crippen molar-refractivity contribution < 1.29 is 28.9 Å². The van der Waals surface area contributed by atoms with Crippen LogP contribution in [0.15, 0.2) is 0 Å². The van der Waals surface area contributed by atoms with Crippen LogP contribution in [-0.4, -0.2) is 47.6 Å². The summed E-state index contributed by atoms with van der Waals surface area (Å²) in [7, 11) is 0. The Kier molecular flexibility index (Phi) is 2.86. The van der Waals surface area contributed by atoms with Crippen LogP contribution in [0.4, 0.5) is 0 Å². The van der Waals surface area contributed by atoms with Crippen molar-refractivity contribution in [3.8, 4) is 0 Å². The lowest BCUT2D eigenvalue weighted by Crippen LogP contribution is -2.56. The number of aliphatic hydroxyl groups excluding tert-OH is 1. The molecule has 2 rings (SSSR count). The maximum absolute atomic E-state index is 11.1. The zero-order chi connectivity index (χ0) is 11.9. The van der Waals surface area contributed by atoms with E-state index in [0.717, 1.165) is 0 Å². The lowest BCUT2D eigenvalue weighted by Gasteiger charge is -2.38. The fourth-order valence-corrected chi connectivity index (χ4v) is 2.15. The Morgan fingerprint density at radius 1 is 1.56 bits per heavy atom. The molecular formula is C10H14O6. The van der Waals surface area contributed by atoms with Crippen LogP contribution < -0.4 is 0 Å². The third kappa shape index (κ3) is 1.90. The molecule has 0 aromatic heterocycles. The first kappa shape index (κ1) is 11.3. The van der Waals surface area contributed by atoms with Crippen molar-refractivity contribution in [3.63, 3.8) is 0 Å². The number of hydrogen-bond acceptors (Lipinski definition) is 6. The maximum Gasteiger partial charge on any atom is 0.309 e. The number of carbonyl (C=O) groups excluding carboxylic acids is 2. The van der Waals surface area contributed by atoms with Crippen molar-refractivity contribution >= 4 is 11.9 Å². The van der Waals surface area contributed by atoms with Crippen LogP contribution in [0.2, 0.25) is 0 Å². The second-order valence-corrected chi connectivity index (χ2v) is 4.10. The van der Waals surface area contributed by atoms with Crippen molar-refractivity contribution in [1.82, 2.24) is 0 Å². The van der Waals surface area contributed by atoms with Crippen LogP contribution in [0, 0.1) is 0 Å². The molecule has 2 heterocycles. The first-order valence-corrected chi connectivity index (χ1v) is 5.19. The minimum Gasteiger partial charge on any atom is -0.457 e. The molecule has 0 bridgehead atoms. The van der Waals surface area contributed by atoms with Crippen LogP contribution in [0.3, 0.4) is 0 Å². The fraction of sp³-hybridized carbons (Fsp3) is 0.800. The lowest BCUT2D eigenvalue weighted by molar-refractivity contribution is -0.217. The van der Waals surface area contributed by atoms with Crippen LogP contribution in [-0.2, 0) is 23.8 Å². The Morgan fingerprint density at radius 3 is 2.88 bits per heavy atom. The molecule has 0 aromatic rings. The third-order valence-electron chi connectivity index (χ3n) is 2.83. The van der Waals surface area contributed by atoms with E-state index >= 15 is 0 Å². The monoisotopic (exact) mass is 230 g/mol. The van der Waals surface area contributed by atoms with E-state index in [-0.39, 0.29) is 6.42 Å². The summed E-state index contributed by atoms with van der Waals surface area (Å²) in [6.45, 7) is 2.95. The molecule has 6 heteroatoms. The molecular weight excluding hydrogens is 216 g/mol. The second kappa shape index (κ2) is 4.03. The molecule has 0 aromatic carbocycles. The summed E-state index contributed by atoms with van der Waals surface area (Å²) in [6, 6.07) is 0. The van der Waals surface area contributed by atoms with Crippen molar-refractivity contribution in [2.24, 2.45) is 0 Å². The average molecular weight is 230 g/mol. The molecule has 2 saturated heterocycles. The summed E-state index contributed by atoms with van der Waals surface area (Å²) >= 11 is 0. The van der Waals surface area contributed by atoms with Gasteiger partial charge in [0.05, 0.1) is 12.5 Å². The van der Waals surface area contributed by atoms with Gasteiger partial charge in [-0.1, -0.05) is 0 Å². The minimum atomic E-state index is -1.02. The highest BCUT2D eigenvalue weighted by Gasteiger charge is 2.51. The summed E-state index contributed by atoms with van der Waals surface area (Å²) in [5, 5.41) is 9.94. The molecule has 5 unspecified atom stereocenters. The predicted octanol–water partition coefficient (Wildman–Crippen LogP) is -0.618. The molecule has 0 amide bonds. The predicted molar refractivity (Wildman–Crippen MR) is 50.4 cm³/mol. The van der Waals surface area contributed by atoms with Crippen LogP contribution in [0.5, 0.6) is 0 Å². The van der Waals surface area contributed by atoms with E-state index in [1.807, 2.05) is 0 Å². The molecule has 0 saturated carbocycles. The van der Waals surface area contributed by atoms with Gasteiger partial charge < -0.3 is 19.3 Å². The number of hydrogen-bond donors (Lipinski definition) is 1. The Balaban J connectivity index is 2.11. The van der Waals surface area contributed by atoms with Gasteiger partial charge >= 0.3 is 11.9 Å². The van der Waals surface area contributed by atoms with Gasteiger partial charge in [-0.2, -0.15) is 0 Å². The van der Waals surface area contributed by atoms with Crippen molar-refractivity contribution in [2.75, 3.05) is 0 Å². The van der Waals surface area contributed by atoms with E-state index < -0.39 is 42.5 Å². The molecule has 0 radical (unpaired) electrons. The topological polar surface area (TPSA) is 82.1 Å². The van der Waals surface area contributed by atoms with Gasteiger partial charge in [0.25, 0.3) is 0 Å². The standard InChI is InChI=1S/C10H14O6/c1-4-9(15-5(2)11)8(13)10-6(14-4)3-7(12)16-10/h4,6,8-10,13H,3H2,1-2H3. The van der Waals surface area contributed by atoms with Gasteiger partial charge in [0.1, 0.15) is 12.2 Å². The van der Waals surface area contributed by atoms with E-state index in [4.69, 9.17) is 14.2 Å². The largest absolute Gasteiger partial charge is 0.457 e. The molecule has 16 heavy (non-hydrogen) atoms. The minimum absolute atomic E-state index is 0.138. The van der Waals surface area contributed by atoms with Crippen molar-refractivity contribution in [2.45, 2.75) is 50.8 Å². The molecule has 1 N–H and O–H groups in total. The van der Waals surface area contributed by atoms with Gasteiger partial charge in [-0.3, -0.25) is 9.59 Å². The maximum atomic E-state index is 11.1. The number of aliphatic hydroxyl groups is 1. The average Bonchev–Trinajstić information content (AvgIpc) is 2.53.